The van der Waals surface area contributed by atoms with Crippen LogP contribution in [0.1, 0.15) is 28.9 Å². The van der Waals surface area contributed by atoms with E-state index >= 15 is 0 Å². The van der Waals surface area contributed by atoms with E-state index in [1.807, 2.05) is 30.3 Å². The lowest BCUT2D eigenvalue weighted by Crippen LogP contribution is -2.40. The van der Waals surface area contributed by atoms with Gasteiger partial charge in [0.25, 0.3) is 0 Å². The molecule has 1 fully saturated rings. The molecule has 0 radical (unpaired) electrons. The highest BCUT2D eigenvalue weighted by Crippen LogP contribution is 2.20. The number of para-hydroxylation sites is 1. The maximum absolute atomic E-state index is 12.7. The number of hydrogen-bond acceptors (Lipinski definition) is 7. The number of hydrogen-bond donors (Lipinski definition) is 0. The van der Waals surface area contributed by atoms with Crippen molar-refractivity contribution in [2.75, 3.05) is 26.3 Å². The molecule has 0 atom stereocenters. The molecule has 182 valence electrons. The van der Waals surface area contributed by atoms with Gasteiger partial charge in [0.05, 0.1) is 35.2 Å². The molecule has 2 heterocycles. The van der Waals surface area contributed by atoms with Gasteiger partial charge in [0, 0.05) is 19.5 Å². The zero-order valence-electron chi connectivity index (χ0n) is 19.4. The Kier molecular flexibility index (Phi) is 7.60. The average molecular weight is 495 g/mol. The predicted octanol–water partition coefficient (Wildman–Crippen LogP) is 2.75. The smallest absolute Gasteiger partial charge is 0.306 e. The van der Waals surface area contributed by atoms with E-state index in [2.05, 4.69) is 11.2 Å². The molecule has 10 heteroatoms. The van der Waals surface area contributed by atoms with Crippen LogP contribution in [0.25, 0.3) is 5.69 Å². The molecule has 1 aliphatic heterocycles. The Morgan fingerprint density at radius 3 is 2.46 bits per heavy atom. The number of aryl methyl sites for hydroxylation is 2. The van der Waals surface area contributed by atoms with Crippen LogP contribution < -0.4 is 0 Å². The number of nitrogens with zero attached hydrogens (tertiary/aromatic N) is 4. The van der Waals surface area contributed by atoms with Crippen molar-refractivity contribution in [1.29, 1.82) is 5.26 Å². The second kappa shape index (κ2) is 10.8. The van der Waals surface area contributed by atoms with Crippen LogP contribution in [-0.4, -0.2) is 54.8 Å². The summed E-state index contributed by atoms with van der Waals surface area (Å²) in [5, 5.41) is 14.0. The minimum absolute atomic E-state index is 0.0752. The fourth-order valence-electron chi connectivity index (χ4n) is 3.87. The first kappa shape index (κ1) is 24.6. The summed E-state index contributed by atoms with van der Waals surface area (Å²) in [6.45, 7) is 3.13. The SMILES string of the molecule is Cc1nn(-c2ccccc2)c(COC(=O)CCc2ccc(S(=O)(=O)N3CCOCC3)cc2)c1C#N. The number of carbonyl (C=O) groups excluding carboxylic acids is 1. The number of ether oxygens (including phenoxy) is 2. The van der Waals surface area contributed by atoms with Crippen molar-refractivity contribution in [1.82, 2.24) is 14.1 Å². The predicted molar refractivity (Wildman–Crippen MR) is 127 cm³/mol. The minimum Gasteiger partial charge on any atom is -0.459 e. The van der Waals surface area contributed by atoms with Crippen molar-refractivity contribution in [2.24, 2.45) is 0 Å². The minimum atomic E-state index is -3.55. The zero-order valence-corrected chi connectivity index (χ0v) is 20.2. The number of morpholine rings is 1. The van der Waals surface area contributed by atoms with E-state index in [0.29, 0.717) is 49.7 Å². The molecule has 0 bridgehead atoms. The fourth-order valence-corrected chi connectivity index (χ4v) is 5.28. The molecule has 0 spiro atoms. The van der Waals surface area contributed by atoms with E-state index in [0.717, 1.165) is 11.3 Å². The number of nitriles is 1. The molecule has 3 aromatic rings. The van der Waals surface area contributed by atoms with Gasteiger partial charge in [0.15, 0.2) is 0 Å². The van der Waals surface area contributed by atoms with Crippen molar-refractivity contribution in [3.8, 4) is 11.8 Å². The van der Waals surface area contributed by atoms with E-state index < -0.39 is 16.0 Å². The second-order valence-electron chi connectivity index (χ2n) is 8.09. The largest absolute Gasteiger partial charge is 0.459 e. The van der Waals surface area contributed by atoms with Crippen molar-refractivity contribution in [2.45, 2.75) is 31.3 Å². The summed E-state index contributed by atoms with van der Waals surface area (Å²) >= 11 is 0. The van der Waals surface area contributed by atoms with Gasteiger partial charge in [-0.25, -0.2) is 13.1 Å². The Morgan fingerprint density at radius 1 is 1.11 bits per heavy atom. The number of rotatable bonds is 8. The summed E-state index contributed by atoms with van der Waals surface area (Å²) in [5.41, 5.74) is 3.07. The van der Waals surface area contributed by atoms with Crippen LogP contribution in [-0.2, 0) is 37.3 Å². The third-order valence-corrected chi connectivity index (χ3v) is 7.70. The van der Waals surface area contributed by atoms with E-state index in [1.165, 1.54) is 4.31 Å². The molecule has 35 heavy (non-hydrogen) atoms. The summed E-state index contributed by atoms with van der Waals surface area (Å²) in [6, 6.07) is 18.0. The van der Waals surface area contributed by atoms with Gasteiger partial charge in [-0.2, -0.15) is 14.7 Å². The van der Waals surface area contributed by atoms with Gasteiger partial charge in [-0.1, -0.05) is 30.3 Å². The van der Waals surface area contributed by atoms with E-state index in [9.17, 15) is 18.5 Å². The lowest BCUT2D eigenvalue weighted by atomic mass is 10.1. The van der Waals surface area contributed by atoms with Crippen LogP contribution in [0.5, 0.6) is 0 Å². The van der Waals surface area contributed by atoms with Gasteiger partial charge >= 0.3 is 5.97 Å². The molecule has 9 nitrogen and oxygen atoms in total. The van der Waals surface area contributed by atoms with Crippen LogP contribution in [0, 0.1) is 18.3 Å². The molecular formula is C25H26N4O5S. The normalized spacial score (nSPS) is 14.4. The molecule has 1 aromatic heterocycles. The van der Waals surface area contributed by atoms with Crippen LogP contribution in [0.2, 0.25) is 0 Å². The molecule has 1 aliphatic rings. The summed E-state index contributed by atoms with van der Waals surface area (Å²) in [6.07, 6.45) is 0.523. The van der Waals surface area contributed by atoms with Crippen LogP contribution >= 0.6 is 0 Å². The third-order valence-electron chi connectivity index (χ3n) is 5.79. The molecule has 0 saturated carbocycles. The van der Waals surface area contributed by atoms with Gasteiger partial charge in [0.1, 0.15) is 18.2 Å². The van der Waals surface area contributed by atoms with Crippen LogP contribution in [0.3, 0.4) is 0 Å². The summed E-state index contributed by atoms with van der Waals surface area (Å²) < 4.78 is 39.2. The first-order chi connectivity index (χ1) is 16.9. The van der Waals surface area contributed by atoms with Gasteiger partial charge in [0.2, 0.25) is 10.0 Å². The zero-order chi connectivity index (χ0) is 24.8. The van der Waals surface area contributed by atoms with Gasteiger partial charge in [-0.05, 0) is 43.2 Å². The maximum atomic E-state index is 12.7. The Bertz CT molecular complexity index is 1320. The number of esters is 1. The number of benzene rings is 2. The Morgan fingerprint density at radius 2 is 1.80 bits per heavy atom. The number of carbonyl (C=O) groups is 1. The van der Waals surface area contributed by atoms with E-state index in [4.69, 9.17) is 9.47 Å². The Labute approximate surface area is 204 Å². The molecule has 0 amide bonds. The topological polar surface area (TPSA) is 115 Å². The Balaban J connectivity index is 1.36. The highest BCUT2D eigenvalue weighted by Gasteiger charge is 2.26. The summed E-state index contributed by atoms with van der Waals surface area (Å²) in [5.74, 6) is -0.419. The lowest BCUT2D eigenvalue weighted by molar-refractivity contribution is -0.145. The number of sulfonamides is 1. The van der Waals surface area contributed by atoms with Crippen molar-refractivity contribution < 1.29 is 22.7 Å². The van der Waals surface area contributed by atoms with Gasteiger partial charge in [-0.3, -0.25) is 4.79 Å². The first-order valence-electron chi connectivity index (χ1n) is 11.3. The quantitative estimate of drug-likeness (QED) is 0.442. The third kappa shape index (κ3) is 5.59. The van der Waals surface area contributed by atoms with Crippen molar-refractivity contribution in [3.63, 3.8) is 0 Å². The molecule has 0 unspecified atom stereocenters. The summed E-state index contributed by atoms with van der Waals surface area (Å²) in [4.78, 5) is 12.6. The molecule has 2 aromatic carbocycles. The first-order valence-corrected chi connectivity index (χ1v) is 12.7. The van der Waals surface area contributed by atoms with E-state index in [1.54, 1.807) is 35.9 Å². The summed E-state index contributed by atoms with van der Waals surface area (Å²) in [7, 11) is -3.55. The Hall–Kier alpha value is -3.52. The molecule has 0 aliphatic carbocycles. The number of aromatic nitrogens is 2. The average Bonchev–Trinajstić information content (AvgIpc) is 3.22. The van der Waals surface area contributed by atoms with Crippen molar-refractivity contribution >= 4 is 16.0 Å². The van der Waals surface area contributed by atoms with Crippen molar-refractivity contribution in [3.05, 3.63) is 77.1 Å². The standard InChI is InChI=1S/C25H26N4O5S/c1-19-23(17-26)24(29(27-19)21-5-3-2-4-6-21)18-34-25(30)12-9-20-7-10-22(11-8-20)35(31,32)28-13-15-33-16-14-28/h2-8,10-11H,9,12-16,18H2,1H3. The fraction of sp³-hybridized carbons (Fsp3) is 0.320. The monoisotopic (exact) mass is 494 g/mol. The highest BCUT2D eigenvalue weighted by molar-refractivity contribution is 7.89. The molecular weight excluding hydrogens is 468 g/mol. The van der Waals surface area contributed by atoms with Gasteiger partial charge < -0.3 is 9.47 Å². The highest BCUT2D eigenvalue weighted by atomic mass is 32.2. The molecule has 0 N–H and O–H groups in total. The molecule has 4 rings (SSSR count). The second-order valence-corrected chi connectivity index (χ2v) is 10.0. The van der Waals surface area contributed by atoms with E-state index in [-0.39, 0.29) is 17.9 Å². The van der Waals surface area contributed by atoms with Gasteiger partial charge in [-0.15, -0.1) is 0 Å². The van der Waals surface area contributed by atoms with Crippen LogP contribution in [0.15, 0.2) is 59.5 Å². The lowest BCUT2D eigenvalue weighted by Gasteiger charge is -2.26. The van der Waals surface area contributed by atoms with Crippen LogP contribution in [0.4, 0.5) is 0 Å². The molecule has 1 saturated heterocycles. The maximum Gasteiger partial charge on any atom is 0.306 e.